The van der Waals surface area contributed by atoms with Crippen LogP contribution in [0.2, 0.25) is 0 Å². The van der Waals surface area contributed by atoms with Crippen LogP contribution < -0.4 is 5.32 Å². The maximum Gasteiger partial charge on any atom is 0.230 e. The summed E-state index contributed by atoms with van der Waals surface area (Å²) in [4.78, 5) is 27.4. The summed E-state index contributed by atoms with van der Waals surface area (Å²) < 4.78 is 0. The van der Waals surface area contributed by atoms with Crippen molar-refractivity contribution in [3.8, 4) is 0 Å². The lowest BCUT2D eigenvalue weighted by Gasteiger charge is -2.36. The number of rotatable bonds is 7. The van der Waals surface area contributed by atoms with Crippen molar-refractivity contribution in [1.29, 1.82) is 0 Å². The van der Waals surface area contributed by atoms with Crippen molar-refractivity contribution in [2.75, 3.05) is 5.32 Å². The minimum Gasteiger partial charge on any atom is -0.325 e. The van der Waals surface area contributed by atoms with Gasteiger partial charge in [-0.3, -0.25) is 9.59 Å². The van der Waals surface area contributed by atoms with E-state index in [9.17, 15) is 9.59 Å². The van der Waals surface area contributed by atoms with Crippen LogP contribution in [-0.4, -0.2) is 11.0 Å². The fourth-order valence-corrected chi connectivity index (χ4v) is 5.58. The Morgan fingerprint density at radius 1 is 0.968 bits per heavy atom. The number of aryl methyl sites for hydroxylation is 2. The Hall–Kier alpha value is -2.07. The fourth-order valence-electron chi connectivity index (χ4n) is 4.59. The lowest BCUT2D eigenvalue weighted by molar-refractivity contribution is -0.128. The van der Waals surface area contributed by atoms with E-state index in [-0.39, 0.29) is 16.4 Å². The molecule has 3 nitrogen and oxygen atoms in total. The van der Waals surface area contributed by atoms with Gasteiger partial charge in [0.2, 0.25) is 11.0 Å². The Labute approximate surface area is 191 Å². The summed E-state index contributed by atoms with van der Waals surface area (Å²) in [6, 6.07) is 13.6. The van der Waals surface area contributed by atoms with Gasteiger partial charge in [-0.1, -0.05) is 63.4 Å². The van der Waals surface area contributed by atoms with Crippen LogP contribution in [0.1, 0.15) is 80.3 Å². The molecule has 2 aromatic carbocycles. The van der Waals surface area contributed by atoms with Gasteiger partial charge in [0.1, 0.15) is 0 Å². The predicted molar refractivity (Wildman–Crippen MR) is 131 cm³/mol. The van der Waals surface area contributed by atoms with Crippen LogP contribution in [0.5, 0.6) is 0 Å². The molecule has 1 amide bonds. The Morgan fingerprint density at radius 2 is 1.61 bits per heavy atom. The van der Waals surface area contributed by atoms with E-state index in [4.69, 9.17) is 0 Å². The highest BCUT2D eigenvalue weighted by molar-refractivity contribution is 8.14. The van der Waals surface area contributed by atoms with Gasteiger partial charge in [-0.15, -0.1) is 0 Å². The van der Waals surface area contributed by atoms with Gasteiger partial charge in [-0.05, 0) is 80.5 Å². The summed E-state index contributed by atoms with van der Waals surface area (Å²) >= 11 is 1.20. The van der Waals surface area contributed by atoms with Gasteiger partial charge >= 0.3 is 0 Å². The number of carbonyl (C=O) groups is 2. The van der Waals surface area contributed by atoms with Crippen molar-refractivity contribution < 1.29 is 9.59 Å². The summed E-state index contributed by atoms with van der Waals surface area (Å²) in [7, 11) is 0. The molecular formula is C27H35NO2S. The molecular weight excluding hydrogens is 402 g/mol. The third-order valence-corrected chi connectivity index (χ3v) is 7.48. The van der Waals surface area contributed by atoms with E-state index < -0.39 is 0 Å². The minimum absolute atomic E-state index is 0.0180. The number of amides is 1. The van der Waals surface area contributed by atoms with Gasteiger partial charge < -0.3 is 5.32 Å². The zero-order chi connectivity index (χ0) is 22.4. The zero-order valence-corrected chi connectivity index (χ0v) is 20.1. The fraction of sp³-hybridized carbons (Fsp3) is 0.481. The van der Waals surface area contributed by atoms with Crippen molar-refractivity contribution in [2.45, 2.75) is 77.5 Å². The van der Waals surface area contributed by atoms with Crippen LogP contribution in [0.15, 0.2) is 47.4 Å². The highest BCUT2D eigenvalue weighted by Gasteiger charge is 2.39. The van der Waals surface area contributed by atoms with Gasteiger partial charge in [-0.2, -0.15) is 0 Å². The number of thioether (sulfide) groups is 1. The molecule has 0 unspecified atom stereocenters. The van der Waals surface area contributed by atoms with Crippen molar-refractivity contribution in [2.24, 2.45) is 11.3 Å². The topological polar surface area (TPSA) is 46.2 Å². The molecule has 31 heavy (non-hydrogen) atoms. The van der Waals surface area contributed by atoms with Gasteiger partial charge in [0.05, 0.1) is 5.69 Å². The number of anilines is 1. The SMILES string of the molecule is Cc1cccc(C)c1C(=O)Sc1ccccc1NC(=O)C1(CCC(C)C)CCCCC1. The molecule has 166 valence electrons. The van der Waals surface area contributed by atoms with E-state index >= 15 is 0 Å². The Morgan fingerprint density at radius 3 is 2.26 bits per heavy atom. The van der Waals surface area contributed by atoms with Gasteiger partial charge in [0, 0.05) is 15.9 Å². The van der Waals surface area contributed by atoms with E-state index in [1.54, 1.807) is 0 Å². The largest absolute Gasteiger partial charge is 0.325 e. The Kier molecular flexibility index (Phi) is 7.99. The van der Waals surface area contributed by atoms with Crippen LogP contribution in [0.4, 0.5) is 5.69 Å². The van der Waals surface area contributed by atoms with Crippen LogP contribution >= 0.6 is 11.8 Å². The number of para-hydroxylation sites is 1. The molecule has 1 fully saturated rings. The van der Waals surface area contributed by atoms with Gasteiger partial charge in [0.15, 0.2) is 0 Å². The summed E-state index contributed by atoms with van der Waals surface area (Å²) in [5.74, 6) is 0.713. The van der Waals surface area contributed by atoms with Crippen LogP contribution in [0.25, 0.3) is 0 Å². The number of hydrogen-bond acceptors (Lipinski definition) is 3. The second-order valence-electron chi connectivity index (χ2n) is 9.38. The first kappa shape index (κ1) is 23.6. The third kappa shape index (κ3) is 5.79. The number of carbonyl (C=O) groups excluding carboxylic acids is 2. The number of benzene rings is 2. The predicted octanol–water partition coefficient (Wildman–Crippen LogP) is 7.56. The molecule has 0 aromatic heterocycles. The Balaban J connectivity index is 1.81. The molecule has 0 bridgehead atoms. The van der Waals surface area contributed by atoms with E-state index in [1.807, 2.05) is 56.3 Å². The molecule has 1 N–H and O–H groups in total. The molecule has 1 aliphatic carbocycles. The monoisotopic (exact) mass is 437 g/mol. The number of hydrogen-bond donors (Lipinski definition) is 1. The molecule has 0 aliphatic heterocycles. The molecule has 0 atom stereocenters. The van der Waals surface area contributed by atoms with Gasteiger partial charge in [-0.25, -0.2) is 0 Å². The summed E-state index contributed by atoms with van der Waals surface area (Å²) in [5.41, 5.74) is 3.18. The summed E-state index contributed by atoms with van der Waals surface area (Å²) in [5, 5.41) is 3.24. The van der Waals surface area contributed by atoms with Crippen LogP contribution in [0.3, 0.4) is 0 Å². The maximum absolute atomic E-state index is 13.5. The molecule has 1 saturated carbocycles. The smallest absolute Gasteiger partial charge is 0.230 e. The second-order valence-corrected chi connectivity index (χ2v) is 10.4. The Bertz CT molecular complexity index is 908. The van der Waals surface area contributed by atoms with Crippen LogP contribution in [0, 0.1) is 25.2 Å². The molecule has 1 aliphatic rings. The van der Waals surface area contributed by atoms with Crippen molar-refractivity contribution in [1.82, 2.24) is 0 Å². The average molecular weight is 438 g/mol. The summed E-state index contributed by atoms with van der Waals surface area (Å²) in [6.07, 6.45) is 7.37. The minimum atomic E-state index is -0.281. The zero-order valence-electron chi connectivity index (χ0n) is 19.3. The molecule has 4 heteroatoms. The van der Waals surface area contributed by atoms with Crippen molar-refractivity contribution in [3.05, 3.63) is 59.2 Å². The highest BCUT2D eigenvalue weighted by Crippen LogP contribution is 2.43. The van der Waals surface area contributed by atoms with Crippen molar-refractivity contribution in [3.63, 3.8) is 0 Å². The molecule has 0 spiro atoms. The third-order valence-electron chi connectivity index (χ3n) is 6.52. The highest BCUT2D eigenvalue weighted by atomic mass is 32.2. The molecule has 3 rings (SSSR count). The van der Waals surface area contributed by atoms with E-state index in [1.165, 1.54) is 18.2 Å². The normalized spacial score (nSPS) is 15.6. The molecule has 2 aromatic rings. The second kappa shape index (κ2) is 10.5. The number of nitrogens with one attached hydrogen (secondary N) is 1. The molecule has 0 saturated heterocycles. The lowest BCUT2D eigenvalue weighted by Crippen LogP contribution is -2.38. The first-order chi connectivity index (χ1) is 14.8. The van der Waals surface area contributed by atoms with Gasteiger partial charge in [0.25, 0.3) is 0 Å². The van der Waals surface area contributed by atoms with E-state index in [0.717, 1.165) is 65.8 Å². The molecule has 0 heterocycles. The van der Waals surface area contributed by atoms with E-state index in [2.05, 4.69) is 19.2 Å². The summed E-state index contributed by atoms with van der Waals surface area (Å²) in [6.45, 7) is 8.38. The average Bonchev–Trinajstić information content (AvgIpc) is 2.74. The quantitative estimate of drug-likeness (QED) is 0.455. The van der Waals surface area contributed by atoms with Crippen LogP contribution in [-0.2, 0) is 4.79 Å². The maximum atomic E-state index is 13.5. The molecule has 0 radical (unpaired) electrons. The standard InChI is InChI=1S/C27H35NO2S/c1-19(2)15-18-27(16-8-5-9-17-27)26(30)28-22-13-6-7-14-23(22)31-25(29)24-20(3)11-10-12-21(24)4/h6-7,10-14,19H,5,8-9,15-18H2,1-4H3,(H,28,30). The van der Waals surface area contributed by atoms with E-state index in [0.29, 0.717) is 5.92 Å². The lowest BCUT2D eigenvalue weighted by atomic mass is 9.69. The first-order valence-corrected chi connectivity index (χ1v) is 12.3. The van der Waals surface area contributed by atoms with Crippen molar-refractivity contribution >= 4 is 28.5 Å². The first-order valence-electron chi connectivity index (χ1n) is 11.5.